The van der Waals surface area contributed by atoms with Crippen LogP contribution in [0.2, 0.25) is 0 Å². The Balaban J connectivity index is 1.04. The van der Waals surface area contributed by atoms with E-state index in [9.17, 15) is 10.2 Å². The van der Waals surface area contributed by atoms with E-state index < -0.39 is 0 Å². The summed E-state index contributed by atoms with van der Waals surface area (Å²) >= 11 is 0. The summed E-state index contributed by atoms with van der Waals surface area (Å²) in [5.74, 6) is 5.48. The number of likely N-dealkylation sites (N-methyl/N-ethyl adjacent to an activating group) is 1. The lowest BCUT2D eigenvalue weighted by atomic mass is 9.51. The van der Waals surface area contributed by atoms with Gasteiger partial charge < -0.3 is 38.8 Å². The maximum Gasteiger partial charge on any atom is 0.119 e. The van der Waals surface area contributed by atoms with Gasteiger partial charge in [0.1, 0.15) is 24.7 Å². The normalized spacial score (nSPS) is 26.7. The van der Waals surface area contributed by atoms with E-state index in [1.807, 2.05) is 12.1 Å². The number of fused-ring (bicyclic) bond motifs is 5. The molecule has 2 saturated carbocycles. The molecule has 252 valence electrons. The van der Waals surface area contributed by atoms with E-state index in [0.717, 1.165) is 50.9 Å². The number of terminal acetylenes is 1. The monoisotopic (exact) mass is 635 g/mol. The van der Waals surface area contributed by atoms with Crippen LogP contribution < -0.4 is 4.74 Å². The second-order valence-corrected chi connectivity index (χ2v) is 13.4. The van der Waals surface area contributed by atoms with Crippen LogP contribution in [0.4, 0.5) is 0 Å². The summed E-state index contributed by atoms with van der Waals surface area (Å²) in [5, 5.41) is 21.3. The molecule has 6 atom stereocenters. The van der Waals surface area contributed by atoms with Crippen LogP contribution in [0.3, 0.4) is 0 Å². The fraction of sp³-hybridized carbons (Fsp3) is 0.632. The number of hydrogen-bond donors (Lipinski definition) is 2. The summed E-state index contributed by atoms with van der Waals surface area (Å²) in [5.41, 5.74) is 3.95. The highest BCUT2D eigenvalue weighted by molar-refractivity contribution is 5.43. The number of aliphatic hydroxyl groups excluding tert-OH is 1. The van der Waals surface area contributed by atoms with Crippen LogP contribution >= 0.6 is 0 Å². The van der Waals surface area contributed by atoms with Gasteiger partial charge in [0.15, 0.2) is 0 Å². The van der Waals surface area contributed by atoms with E-state index in [1.165, 1.54) is 16.7 Å². The van der Waals surface area contributed by atoms with Crippen molar-refractivity contribution in [1.29, 1.82) is 0 Å². The number of rotatable bonds is 18. The largest absolute Gasteiger partial charge is 0.508 e. The van der Waals surface area contributed by atoms with Crippen molar-refractivity contribution in [3.63, 3.8) is 0 Å². The van der Waals surface area contributed by atoms with Crippen LogP contribution in [0.15, 0.2) is 42.5 Å². The highest BCUT2D eigenvalue weighted by Gasteiger charge is 2.57. The van der Waals surface area contributed by atoms with E-state index in [-0.39, 0.29) is 11.5 Å². The van der Waals surface area contributed by atoms with Crippen LogP contribution in [-0.4, -0.2) is 101 Å². The Hall–Kier alpha value is -2.64. The molecule has 0 saturated heterocycles. The van der Waals surface area contributed by atoms with Gasteiger partial charge in [-0.05, 0) is 109 Å². The lowest BCUT2D eigenvalue weighted by molar-refractivity contribution is -0.0323. The highest BCUT2D eigenvalue weighted by Crippen LogP contribution is 2.65. The lowest BCUT2D eigenvalue weighted by Gasteiger charge is -2.54. The Kier molecular flexibility index (Phi) is 12.8. The Morgan fingerprint density at radius 1 is 0.870 bits per heavy atom. The van der Waals surface area contributed by atoms with Crippen molar-refractivity contribution in [2.75, 3.05) is 79.6 Å². The number of nitrogens with zero attached hydrogens (tertiary/aromatic N) is 1. The van der Waals surface area contributed by atoms with Gasteiger partial charge >= 0.3 is 0 Å². The number of aromatic hydroxyl groups is 1. The predicted molar refractivity (Wildman–Crippen MR) is 178 cm³/mol. The van der Waals surface area contributed by atoms with Gasteiger partial charge in [-0.25, -0.2) is 0 Å². The molecule has 46 heavy (non-hydrogen) atoms. The Morgan fingerprint density at radius 2 is 1.54 bits per heavy atom. The number of phenolic OH excluding ortho intramolecular Hbond substituents is 1. The number of ether oxygens (including phenoxy) is 5. The lowest BCUT2D eigenvalue weighted by Crippen LogP contribution is -2.47. The van der Waals surface area contributed by atoms with E-state index in [4.69, 9.17) is 30.1 Å². The molecule has 0 aromatic heterocycles. The van der Waals surface area contributed by atoms with Gasteiger partial charge in [0.05, 0.1) is 52.4 Å². The summed E-state index contributed by atoms with van der Waals surface area (Å²) in [6, 6.07) is 14.7. The number of aryl methyl sites for hydroxylation is 1. The first-order valence-corrected chi connectivity index (χ1v) is 17.1. The zero-order chi connectivity index (χ0) is 32.4. The van der Waals surface area contributed by atoms with E-state index in [0.29, 0.717) is 88.9 Å². The SMILES string of the molecule is C#CCOCCOCCOCCOCCN(C)CCOc1ccc([C@H]2C[C@@]3(C)C(CC[C@@H]3O)C3CCc4cc(O)ccc4C32)cc1. The third-order valence-corrected chi connectivity index (χ3v) is 10.6. The number of aliphatic hydroxyl groups is 1. The minimum atomic E-state index is -0.234. The Labute approximate surface area is 275 Å². The third kappa shape index (κ3) is 8.63. The number of phenols is 1. The quantitative estimate of drug-likeness (QED) is 0.175. The summed E-state index contributed by atoms with van der Waals surface area (Å²) in [4.78, 5) is 2.20. The fourth-order valence-electron chi connectivity index (χ4n) is 8.25. The molecule has 8 heteroatoms. The topological polar surface area (TPSA) is 89.9 Å². The zero-order valence-electron chi connectivity index (χ0n) is 27.7. The van der Waals surface area contributed by atoms with Gasteiger partial charge in [-0.15, -0.1) is 6.42 Å². The van der Waals surface area contributed by atoms with Crippen molar-refractivity contribution in [3.8, 4) is 23.8 Å². The first-order chi connectivity index (χ1) is 22.4. The van der Waals surface area contributed by atoms with Gasteiger partial charge in [0.25, 0.3) is 0 Å². The third-order valence-electron chi connectivity index (χ3n) is 10.6. The summed E-state index contributed by atoms with van der Waals surface area (Å²) < 4.78 is 27.9. The van der Waals surface area contributed by atoms with Crippen molar-refractivity contribution in [1.82, 2.24) is 4.90 Å². The second-order valence-electron chi connectivity index (χ2n) is 13.4. The molecule has 2 aromatic rings. The molecular weight excluding hydrogens is 582 g/mol. The molecule has 0 radical (unpaired) electrons. The number of benzene rings is 2. The van der Waals surface area contributed by atoms with Crippen LogP contribution in [0.25, 0.3) is 0 Å². The summed E-state index contributed by atoms with van der Waals surface area (Å²) in [7, 11) is 2.07. The van der Waals surface area contributed by atoms with Gasteiger partial charge in [0.2, 0.25) is 0 Å². The predicted octanol–water partition coefficient (Wildman–Crippen LogP) is 5.01. The highest BCUT2D eigenvalue weighted by atomic mass is 16.6. The molecule has 8 nitrogen and oxygen atoms in total. The Morgan fingerprint density at radius 3 is 2.26 bits per heavy atom. The van der Waals surface area contributed by atoms with Gasteiger partial charge in [-0.1, -0.05) is 31.0 Å². The first-order valence-electron chi connectivity index (χ1n) is 17.1. The molecule has 0 heterocycles. The molecule has 5 rings (SSSR count). The van der Waals surface area contributed by atoms with Crippen molar-refractivity contribution >= 4 is 0 Å². The molecule has 0 aliphatic heterocycles. The van der Waals surface area contributed by atoms with E-state index in [2.05, 4.69) is 55.1 Å². The summed E-state index contributed by atoms with van der Waals surface area (Å²) in [6.07, 6.45) is 10.0. The molecule has 2 fully saturated rings. The molecule has 2 aromatic carbocycles. The zero-order valence-corrected chi connectivity index (χ0v) is 27.7. The standard InChI is InChI=1S/C38H53NO7/c1-4-17-42-20-22-44-24-25-45-23-21-43-18-15-39(3)16-19-46-31-9-5-28(6-10-31)34-27-38(2)35(13-14-36(38)41)33-11-7-29-26-30(40)8-12-32(29)37(33)34/h1,5-6,8-10,12,26,33-37,40-41H,7,11,13-25,27H2,2-3H3/t33?,34-,35?,36+,37?,38+/m1/s1. The molecule has 2 N–H and O–H groups in total. The van der Waals surface area contributed by atoms with Crippen LogP contribution in [0.1, 0.15) is 61.1 Å². The molecule has 3 aliphatic carbocycles. The van der Waals surface area contributed by atoms with Crippen LogP contribution in [-0.2, 0) is 25.4 Å². The maximum atomic E-state index is 11.1. The van der Waals surface area contributed by atoms with Gasteiger partial charge in [-0.3, -0.25) is 0 Å². The second kappa shape index (κ2) is 17.0. The minimum absolute atomic E-state index is 0.0510. The van der Waals surface area contributed by atoms with Gasteiger partial charge in [-0.2, -0.15) is 0 Å². The molecule has 0 bridgehead atoms. The van der Waals surface area contributed by atoms with Crippen molar-refractivity contribution < 1.29 is 33.9 Å². The average molecular weight is 636 g/mol. The summed E-state index contributed by atoms with van der Waals surface area (Å²) in [6.45, 7) is 8.66. The maximum absolute atomic E-state index is 11.1. The van der Waals surface area contributed by atoms with E-state index in [1.54, 1.807) is 0 Å². The van der Waals surface area contributed by atoms with Crippen molar-refractivity contribution in [2.45, 2.75) is 57.0 Å². The van der Waals surface area contributed by atoms with Crippen LogP contribution in [0, 0.1) is 29.6 Å². The first kappa shape index (κ1) is 34.7. The smallest absolute Gasteiger partial charge is 0.119 e. The molecule has 0 amide bonds. The average Bonchev–Trinajstić information content (AvgIpc) is 3.36. The Bertz CT molecular complexity index is 1260. The van der Waals surface area contributed by atoms with Crippen molar-refractivity contribution in [2.24, 2.45) is 17.3 Å². The molecule has 3 unspecified atom stereocenters. The van der Waals surface area contributed by atoms with Gasteiger partial charge in [0, 0.05) is 13.1 Å². The van der Waals surface area contributed by atoms with Crippen molar-refractivity contribution in [3.05, 3.63) is 59.2 Å². The van der Waals surface area contributed by atoms with E-state index >= 15 is 0 Å². The number of hydrogen-bond acceptors (Lipinski definition) is 8. The molecular formula is C38H53NO7. The van der Waals surface area contributed by atoms with Crippen LogP contribution in [0.5, 0.6) is 11.5 Å². The molecule has 0 spiro atoms. The minimum Gasteiger partial charge on any atom is -0.508 e. The molecule has 3 aliphatic rings. The fourth-order valence-corrected chi connectivity index (χ4v) is 8.25.